The zero-order valence-electron chi connectivity index (χ0n) is 10.6. The fraction of sp³-hybridized carbons (Fsp3) is 0.667. The highest BCUT2D eigenvalue weighted by Crippen LogP contribution is 2.24. The Kier molecular flexibility index (Phi) is 3.66. The van der Waals surface area contributed by atoms with Crippen LogP contribution < -0.4 is 16.0 Å². The summed E-state index contributed by atoms with van der Waals surface area (Å²) in [7, 11) is 0. The normalized spacial score (nSPS) is 20.4. The molecule has 5 heteroatoms. The average molecular weight is 235 g/mol. The van der Waals surface area contributed by atoms with Crippen molar-refractivity contribution >= 4 is 17.6 Å². The molecule has 0 radical (unpaired) electrons. The van der Waals surface area contributed by atoms with Crippen LogP contribution in [0.4, 0.5) is 17.6 Å². The molecule has 0 spiro atoms. The van der Waals surface area contributed by atoms with Crippen LogP contribution in [0.5, 0.6) is 0 Å². The minimum absolute atomic E-state index is 0.344. The van der Waals surface area contributed by atoms with E-state index in [-0.39, 0.29) is 0 Å². The molecule has 1 aliphatic rings. The average Bonchev–Trinajstić information content (AvgIpc) is 2.29. The quantitative estimate of drug-likeness (QED) is 0.837. The maximum Gasteiger partial charge on any atom is 0.223 e. The van der Waals surface area contributed by atoms with Gasteiger partial charge in [-0.1, -0.05) is 0 Å². The van der Waals surface area contributed by atoms with Crippen LogP contribution in [0.25, 0.3) is 0 Å². The molecule has 2 rings (SSSR count). The van der Waals surface area contributed by atoms with Gasteiger partial charge in [-0.3, -0.25) is 0 Å². The van der Waals surface area contributed by atoms with Crippen molar-refractivity contribution in [3.8, 4) is 0 Å². The lowest BCUT2D eigenvalue weighted by atomic mass is 10.0. The topological polar surface area (TPSA) is 67.1 Å². The van der Waals surface area contributed by atoms with E-state index in [1.54, 1.807) is 0 Å². The van der Waals surface area contributed by atoms with Crippen molar-refractivity contribution in [2.75, 3.05) is 29.0 Å². The minimum Gasteiger partial charge on any atom is -0.370 e. The molecular formula is C12H21N5. The smallest absolute Gasteiger partial charge is 0.223 e. The van der Waals surface area contributed by atoms with Crippen molar-refractivity contribution in [3.05, 3.63) is 6.07 Å². The van der Waals surface area contributed by atoms with E-state index in [1.807, 2.05) is 13.0 Å². The van der Waals surface area contributed by atoms with Crippen molar-refractivity contribution < 1.29 is 0 Å². The first-order chi connectivity index (χ1) is 8.20. The molecule has 94 valence electrons. The maximum atomic E-state index is 5.75. The molecule has 3 N–H and O–H groups in total. The van der Waals surface area contributed by atoms with E-state index in [0.29, 0.717) is 12.0 Å². The van der Waals surface area contributed by atoms with Gasteiger partial charge in [0.15, 0.2) is 0 Å². The highest BCUT2D eigenvalue weighted by atomic mass is 15.2. The Morgan fingerprint density at radius 1 is 1.47 bits per heavy atom. The number of anilines is 3. The van der Waals surface area contributed by atoms with Gasteiger partial charge < -0.3 is 16.0 Å². The Bertz CT molecular complexity index is 379. The number of aromatic nitrogens is 2. The number of piperidine rings is 1. The van der Waals surface area contributed by atoms with Gasteiger partial charge >= 0.3 is 0 Å². The first kappa shape index (κ1) is 12.0. The maximum absolute atomic E-state index is 5.75. The van der Waals surface area contributed by atoms with Crippen molar-refractivity contribution in [3.63, 3.8) is 0 Å². The van der Waals surface area contributed by atoms with Gasteiger partial charge in [-0.25, -0.2) is 0 Å². The number of hydrogen-bond donors (Lipinski definition) is 2. The molecule has 1 aromatic rings. The Hall–Kier alpha value is -1.52. The molecule has 5 nitrogen and oxygen atoms in total. The van der Waals surface area contributed by atoms with Crippen molar-refractivity contribution in [1.29, 1.82) is 0 Å². The second-order valence-corrected chi connectivity index (χ2v) is 4.54. The Morgan fingerprint density at radius 2 is 2.29 bits per heavy atom. The molecule has 1 atom stereocenters. The largest absolute Gasteiger partial charge is 0.370 e. The van der Waals surface area contributed by atoms with E-state index in [0.717, 1.165) is 24.7 Å². The third-order valence-corrected chi connectivity index (χ3v) is 3.19. The van der Waals surface area contributed by atoms with Crippen LogP contribution in [0.2, 0.25) is 0 Å². The summed E-state index contributed by atoms with van der Waals surface area (Å²) in [5.74, 6) is 2.10. The summed E-state index contributed by atoms with van der Waals surface area (Å²) in [6, 6.07) is 2.52. The highest BCUT2D eigenvalue weighted by Gasteiger charge is 2.20. The summed E-state index contributed by atoms with van der Waals surface area (Å²) in [5.41, 5.74) is 5.75. The minimum atomic E-state index is 0.344. The van der Waals surface area contributed by atoms with E-state index < -0.39 is 0 Å². The molecule has 0 amide bonds. The fourth-order valence-electron chi connectivity index (χ4n) is 2.31. The molecule has 0 saturated carbocycles. The molecule has 0 aliphatic carbocycles. The van der Waals surface area contributed by atoms with Crippen LogP contribution in [-0.2, 0) is 0 Å². The molecule has 1 unspecified atom stereocenters. The lowest BCUT2D eigenvalue weighted by Crippen LogP contribution is -2.38. The monoisotopic (exact) mass is 235 g/mol. The molecule has 1 aromatic heterocycles. The van der Waals surface area contributed by atoms with Gasteiger partial charge in [-0.2, -0.15) is 9.97 Å². The van der Waals surface area contributed by atoms with Crippen LogP contribution in [0.3, 0.4) is 0 Å². The number of hydrogen-bond acceptors (Lipinski definition) is 5. The zero-order valence-corrected chi connectivity index (χ0v) is 10.6. The predicted octanol–water partition coefficient (Wildman–Crippen LogP) is 1.87. The molecular weight excluding hydrogens is 214 g/mol. The molecule has 0 aromatic carbocycles. The highest BCUT2D eigenvalue weighted by molar-refractivity contribution is 5.53. The second-order valence-electron chi connectivity index (χ2n) is 4.54. The van der Waals surface area contributed by atoms with E-state index in [9.17, 15) is 0 Å². The number of rotatable bonds is 3. The number of nitrogen functional groups attached to an aromatic ring is 1. The first-order valence-electron chi connectivity index (χ1n) is 6.35. The fourth-order valence-corrected chi connectivity index (χ4v) is 2.31. The summed E-state index contributed by atoms with van der Waals surface area (Å²) in [4.78, 5) is 10.8. The molecule has 1 saturated heterocycles. The Labute approximate surface area is 102 Å². The summed E-state index contributed by atoms with van der Waals surface area (Å²) >= 11 is 0. The summed E-state index contributed by atoms with van der Waals surface area (Å²) < 4.78 is 0. The summed E-state index contributed by atoms with van der Waals surface area (Å²) in [6.07, 6.45) is 3.75. The van der Waals surface area contributed by atoms with Gasteiger partial charge in [-0.05, 0) is 33.1 Å². The lowest BCUT2D eigenvalue weighted by molar-refractivity contribution is 0.481. The third-order valence-electron chi connectivity index (χ3n) is 3.19. The summed E-state index contributed by atoms with van der Waals surface area (Å²) in [5, 5.41) is 3.18. The second kappa shape index (κ2) is 5.21. The van der Waals surface area contributed by atoms with Crippen molar-refractivity contribution in [2.24, 2.45) is 0 Å². The third kappa shape index (κ3) is 2.78. The number of nitrogens with two attached hydrogens (primary N) is 1. The molecule has 0 bridgehead atoms. The van der Waals surface area contributed by atoms with Gasteiger partial charge in [0.25, 0.3) is 0 Å². The number of nitrogens with zero attached hydrogens (tertiary/aromatic N) is 3. The predicted molar refractivity (Wildman–Crippen MR) is 71.3 cm³/mol. The van der Waals surface area contributed by atoms with Gasteiger partial charge in [-0.15, -0.1) is 0 Å². The molecule has 1 fully saturated rings. The van der Waals surface area contributed by atoms with E-state index in [4.69, 9.17) is 5.73 Å². The van der Waals surface area contributed by atoms with E-state index in [2.05, 4.69) is 27.1 Å². The van der Waals surface area contributed by atoms with Crippen LogP contribution in [-0.4, -0.2) is 29.1 Å². The van der Waals surface area contributed by atoms with Crippen LogP contribution >= 0.6 is 0 Å². The van der Waals surface area contributed by atoms with E-state index >= 15 is 0 Å². The van der Waals surface area contributed by atoms with Gasteiger partial charge in [0.2, 0.25) is 5.95 Å². The standard InChI is InChI=1S/C12H21N5/c1-3-14-10-8-11(16-12(13)15-10)17-7-5-4-6-9(17)2/h8-9H,3-7H2,1-2H3,(H3,13,14,15,16). The lowest BCUT2D eigenvalue weighted by Gasteiger charge is -2.34. The van der Waals surface area contributed by atoms with Crippen LogP contribution in [0, 0.1) is 0 Å². The van der Waals surface area contributed by atoms with Gasteiger partial charge in [0.05, 0.1) is 0 Å². The van der Waals surface area contributed by atoms with Crippen LogP contribution in [0.1, 0.15) is 33.1 Å². The van der Waals surface area contributed by atoms with Gasteiger partial charge in [0.1, 0.15) is 11.6 Å². The Morgan fingerprint density at radius 3 is 3.00 bits per heavy atom. The van der Waals surface area contributed by atoms with Crippen LogP contribution in [0.15, 0.2) is 6.07 Å². The zero-order chi connectivity index (χ0) is 12.3. The summed E-state index contributed by atoms with van der Waals surface area (Å²) in [6.45, 7) is 6.18. The SMILES string of the molecule is CCNc1cc(N2CCCCC2C)nc(N)n1. The Balaban J connectivity index is 2.24. The van der Waals surface area contributed by atoms with E-state index in [1.165, 1.54) is 19.3 Å². The molecule has 2 heterocycles. The van der Waals surface area contributed by atoms with Crippen molar-refractivity contribution in [2.45, 2.75) is 39.2 Å². The molecule has 1 aliphatic heterocycles. The van der Waals surface area contributed by atoms with Gasteiger partial charge in [0, 0.05) is 25.2 Å². The first-order valence-corrected chi connectivity index (χ1v) is 6.35. The van der Waals surface area contributed by atoms with Crippen molar-refractivity contribution in [1.82, 2.24) is 9.97 Å². The number of nitrogens with one attached hydrogen (secondary N) is 1. The molecule has 17 heavy (non-hydrogen) atoms.